The SMILES string of the molecule is Nc1ccncc1S(=O)(=O)N1CCCC(CO)C1. The molecule has 0 aliphatic carbocycles. The van der Waals surface area contributed by atoms with Crippen molar-refractivity contribution in [3.8, 4) is 0 Å². The fourth-order valence-corrected chi connectivity index (χ4v) is 3.75. The third-order valence-electron chi connectivity index (χ3n) is 3.17. The molecule has 2 heterocycles. The molecule has 1 aliphatic heterocycles. The molecule has 6 nitrogen and oxygen atoms in total. The monoisotopic (exact) mass is 271 g/mol. The maximum absolute atomic E-state index is 12.4. The fourth-order valence-electron chi connectivity index (χ4n) is 2.14. The fraction of sp³-hybridized carbons (Fsp3) is 0.545. The van der Waals surface area contributed by atoms with Gasteiger partial charge < -0.3 is 10.8 Å². The quantitative estimate of drug-likeness (QED) is 0.810. The summed E-state index contributed by atoms with van der Waals surface area (Å²) in [7, 11) is -3.60. The topological polar surface area (TPSA) is 96.5 Å². The van der Waals surface area contributed by atoms with E-state index in [1.54, 1.807) is 0 Å². The molecule has 0 radical (unpaired) electrons. The first-order valence-electron chi connectivity index (χ1n) is 5.86. The number of nitrogens with zero attached hydrogens (tertiary/aromatic N) is 2. The van der Waals surface area contributed by atoms with Gasteiger partial charge in [0.2, 0.25) is 10.0 Å². The molecule has 1 saturated heterocycles. The zero-order chi connectivity index (χ0) is 13.2. The van der Waals surface area contributed by atoms with Crippen molar-refractivity contribution in [2.75, 3.05) is 25.4 Å². The van der Waals surface area contributed by atoms with Gasteiger partial charge in [-0.25, -0.2) is 8.42 Å². The first-order chi connectivity index (χ1) is 8.55. The minimum Gasteiger partial charge on any atom is -0.398 e. The Morgan fingerprint density at radius 1 is 1.56 bits per heavy atom. The van der Waals surface area contributed by atoms with E-state index in [0.717, 1.165) is 12.8 Å². The van der Waals surface area contributed by atoms with Gasteiger partial charge in [-0.05, 0) is 24.8 Å². The molecule has 18 heavy (non-hydrogen) atoms. The number of sulfonamides is 1. The Labute approximate surface area is 106 Å². The second-order valence-corrected chi connectivity index (χ2v) is 6.37. The number of aliphatic hydroxyl groups is 1. The van der Waals surface area contributed by atoms with Crippen molar-refractivity contribution in [2.45, 2.75) is 17.7 Å². The predicted octanol–water partition coefficient (Wildman–Crippen LogP) is 0.0568. The van der Waals surface area contributed by atoms with Crippen molar-refractivity contribution >= 4 is 15.7 Å². The smallest absolute Gasteiger partial charge is 0.246 e. The molecule has 3 N–H and O–H groups in total. The summed E-state index contributed by atoms with van der Waals surface area (Å²) in [6.45, 7) is 0.814. The number of aromatic nitrogens is 1. The van der Waals surface area contributed by atoms with Crippen molar-refractivity contribution in [2.24, 2.45) is 5.92 Å². The van der Waals surface area contributed by atoms with Crippen LogP contribution in [0.5, 0.6) is 0 Å². The number of hydrogen-bond donors (Lipinski definition) is 2. The standard InChI is InChI=1S/C11H17N3O3S/c12-10-3-4-13-6-11(10)18(16,17)14-5-1-2-9(7-14)8-15/h3-4,6,9,15H,1-2,5,7-8H2,(H2,12,13). The lowest BCUT2D eigenvalue weighted by molar-refractivity contribution is 0.165. The summed E-state index contributed by atoms with van der Waals surface area (Å²) in [6, 6.07) is 1.47. The van der Waals surface area contributed by atoms with Crippen molar-refractivity contribution in [1.29, 1.82) is 0 Å². The van der Waals surface area contributed by atoms with E-state index in [1.807, 2.05) is 0 Å². The molecule has 0 amide bonds. The molecule has 2 rings (SSSR count). The van der Waals surface area contributed by atoms with Gasteiger partial charge in [0.15, 0.2) is 0 Å². The normalized spacial score (nSPS) is 21.9. The minimum atomic E-state index is -3.60. The molecule has 1 aromatic rings. The lowest BCUT2D eigenvalue weighted by Crippen LogP contribution is -2.41. The summed E-state index contributed by atoms with van der Waals surface area (Å²) in [4.78, 5) is 3.86. The molecule has 1 atom stereocenters. The summed E-state index contributed by atoms with van der Waals surface area (Å²) in [5.74, 6) is 0.00595. The van der Waals surface area contributed by atoms with E-state index in [0.29, 0.717) is 13.1 Å². The number of rotatable bonds is 3. The predicted molar refractivity (Wildman–Crippen MR) is 67.2 cm³/mol. The van der Waals surface area contributed by atoms with Gasteiger partial charge in [0.25, 0.3) is 0 Å². The van der Waals surface area contributed by atoms with Crippen LogP contribution in [0.15, 0.2) is 23.4 Å². The molecular formula is C11H17N3O3S. The largest absolute Gasteiger partial charge is 0.398 e. The molecule has 7 heteroatoms. The number of pyridine rings is 1. The average Bonchev–Trinajstić information content (AvgIpc) is 2.39. The molecule has 0 aromatic carbocycles. The van der Waals surface area contributed by atoms with Crippen LogP contribution in [0.1, 0.15) is 12.8 Å². The number of hydrogen-bond acceptors (Lipinski definition) is 5. The van der Waals surface area contributed by atoms with Gasteiger partial charge in [0.1, 0.15) is 4.90 Å². The van der Waals surface area contributed by atoms with Gasteiger partial charge in [-0.15, -0.1) is 0 Å². The Kier molecular flexibility index (Phi) is 3.84. The molecule has 0 spiro atoms. The van der Waals surface area contributed by atoms with Crippen LogP contribution in [0, 0.1) is 5.92 Å². The first kappa shape index (κ1) is 13.3. The number of nitrogens with two attached hydrogens (primary N) is 1. The maximum Gasteiger partial charge on any atom is 0.246 e. The molecular weight excluding hydrogens is 254 g/mol. The second-order valence-electron chi connectivity index (χ2n) is 4.47. The molecule has 1 fully saturated rings. The van der Waals surface area contributed by atoms with Crippen LogP contribution in [0.3, 0.4) is 0 Å². The van der Waals surface area contributed by atoms with Crippen LogP contribution in [0.25, 0.3) is 0 Å². The van der Waals surface area contributed by atoms with Crippen LogP contribution in [0.4, 0.5) is 5.69 Å². The van der Waals surface area contributed by atoms with E-state index in [9.17, 15) is 8.42 Å². The van der Waals surface area contributed by atoms with E-state index in [1.165, 1.54) is 22.8 Å². The van der Waals surface area contributed by atoms with Gasteiger partial charge in [0.05, 0.1) is 5.69 Å². The Hall–Kier alpha value is -1.18. The van der Waals surface area contributed by atoms with Crippen molar-refractivity contribution in [3.05, 3.63) is 18.5 Å². The highest BCUT2D eigenvalue weighted by Crippen LogP contribution is 2.25. The van der Waals surface area contributed by atoms with Gasteiger partial charge in [-0.3, -0.25) is 4.98 Å². The highest BCUT2D eigenvalue weighted by molar-refractivity contribution is 7.89. The molecule has 1 aromatic heterocycles. The zero-order valence-electron chi connectivity index (χ0n) is 9.99. The summed E-state index contributed by atoms with van der Waals surface area (Å²) >= 11 is 0. The highest BCUT2D eigenvalue weighted by Gasteiger charge is 2.31. The molecule has 0 saturated carbocycles. The second kappa shape index (κ2) is 5.21. The number of aliphatic hydroxyl groups excluding tert-OH is 1. The van der Waals surface area contributed by atoms with E-state index in [2.05, 4.69) is 4.98 Å². The third kappa shape index (κ3) is 2.47. The van der Waals surface area contributed by atoms with Crippen molar-refractivity contribution < 1.29 is 13.5 Å². The number of nitrogen functional groups attached to an aromatic ring is 1. The van der Waals surface area contributed by atoms with E-state index < -0.39 is 10.0 Å². The molecule has 1 unspecified atom stereocenters. The van der Waals surface area contributed by atoms with Gasteiger partial charge in [0, 0.05) is 32.1 Å². The Morgan fingerprint density at radius 3 is 3.00 bits per heavy atom. The zero-order valence-corrected chi connectivity index (χ0v) is 10.8. The third-order valence-corrected chi connectivity index (χ3v) is 5.08. The van der Waals surface area contributed by atoms with Gasteiger partial charge in [-0.1, -0.05) is 0 Å². The summed E-state index contributed by atoms with van der Waals surface area (Å²) in [6.07, 6.45) is 4.34. The lowest BCUT2D eigenvalue weighted by Gasteiger charge is -2.31. The van der Waals surface area contributed by atoms with Gasteiger partial charge >= 0.3 is 0 Å². The van der Waals surface area contributed by atoms with Gasteiger partial charge in [-0.2, -0.15) is 4.31 Å². The Bertz CT molecular complexity index is 518. The van der Waals surface area contributed by atoms with Crippen LogP contribution in [-0.2, 0) is 10.0 Å². The Morgan fingerprint density at radius 2 is 2.33 bits per heavy atom. The van der Waals surface area contributed by atoms with E-state index in [-0.39, 0.29) is 23.1 Å². The lowest BCUT2D eigenvalue weighted by atomic mass is 10.0. The molecule has 1 aliphatic rings. The maximum atomic E-state index is 12.4. The number of anilines is 1. The van der Waals surface area contributed by atoms with Crippen molar-refractivity contribution in [1.82, 2.24) is 9.29 Å². The summed E-state index contributed by atoms with van der Waals surface area (Å²) < 4.78 is 26.2. The molecule has 0 bridgehead atoms. The summed E-state index contributed by atoms with van der Waals surface area (Å²) in [5, 5.41) is 9.14. The average molecular weight is 271 g/mol. The van der Waals surface area contributed by atoms with Crippen LogP contribution < -0.4 is 5.73 Å². The highest BCUT2D eigenvalue weighted by atomic mass is 32.2. The molecule has 100 valence electrons. The van der Waals surface area contributed by atoms with E-state index in [4.69, 9.17) is 10.8 Å². The minimum absolute atomic E-state index is 0.00595. The van der Waals surface area contributed by atoms with Crippen LogP contribution in [-0.4, -0.2) is 42.5 Å². The number of piperidine rings is 1. The summed E-state index contributed by atoms with van der Waals surface area (Å²) in [5.41, 5.74) is 5.89. The van der Waals surface area contributed by atoms with E-state index >= 15 is 0 Å². The van der Waals surface area contributed by atoms with Crippen LogP contribution >= 0.6 is 0 Å². The van der Waals surface area contributed by atoms with Crippen molar-refractivity contribution in [3.63, 3.8) is 0 Å². The van der Waals surface area contributed by atoms with Crippen LogP contribution in [0.2, 0.25) is 0 Å². The first-order valence-corrected chi connectivity index (χ1v) is 7.30. The Balaban J connectivity index is 2.29.